The van der Waals surface area contributed by atoms with Crippen LogP contribution in [0.2, 0.25) is 0 Å². The van der Waals surface area contributed by atoms with E-state index in [2.05, 4.69) is 255 Å². The molecule has 14 rings (SSSR count). The second-order valence-electron chi connectivity index (χ2n) is 17.9. The standard InChI is InChI=1S/2C33H22.Ag.HNO3/c2*1-2-12-22(13-3-1)31(32-27-18-8-4-14-23(27)24-15-5-9-19-28(24)32)33-29-20-10-6-16-25(29)26-17-7-11-21-30(26)33;;2-1(3)4/h2*1-21,32H;;(H,2,3,4). The Labute approximate surface area is 429 Å². The first-order chi connectivity index (χ1) is 34.6. The van der Waals surface area contributed by atoms with Crippen molar-refractivity contribution >= 4 is 22.3 Å². The fraction of sp³-hybridized carbons (Fsp3) is 0.0303. The Morgan fingerprint density at radius 1 is 0.296 bits per heavy atom. The molecule has 5 heteroatoms. The van der Waals surface area contributed by atoms with Gasteiger partial charge in [-0.05, 0) is 122 Å². The van der Waals surface area contributed by atoms with Crippen LogP contribution in [0.15, 0.2) is 255 Å². The molecule has 1 N–H and O–H groups in total. The van der Waals surface area contributed by atoms with Crippen LogP contribution in [0.25, 0.3) is 66.8 Å². The Kier molecular flexibility index (Phi) is 12.2. The predicted molar refractivity (Wildman–Crippen MR) is 285 cm³/mol. The summed E-state index contributed by atoms with van der Waals surface area (Å²) in [5.41, 5.74) is 29.7. The summed E-state index contributed by atoms with van der Waals surface area (Å²) in [6, 6.07) is 93.2. The van der Waals surface area contributed by atoms with Crippen LogP contribution >= 0.6 is 0 Å². The molecule has 0 atom stereocenters. The molecule has 0 bridgehead atoms. The van der Waals surface area contributed by atoms with Crippen molar-refractivity contribution in [3.63, 3.8) is 0 Å². The quantitative estimate of drug-likeness (QED) is 0.109. The average molecular weight is 1010 g/mol. The minimum Gasteiger partial charge on any atom is -0.328 e. The van der Waals surface area contributed by atoms with Gasteiger partial charge in [0, 0.05) is 34.2 Å². The summed E-state index contributed by atoms with van der Waals surface area (Å²) in [6.07, 6.45) is 0. The van der Waals surface area contributed by atoms with Crippen LogP contribution in [-0.2, 0) is 22.4 Å². The van der Waals surface area contributed by atoms with Crippen molar-refractivity contribution in [2.24, 2.45) is 0 Å². The van der Waals surface area contributed by atoms with E-state index >= 15 is 0 Å². The number of rotatable bonds is 4. The van der Waals surface area contributed by atoms with Gasteiger partial charge in [0.05, 0.1) is 0 Å². The van der Waals surface area contributed by atoms with E-state index in [4.69, 9.17) is 15.3 Å². The summed E-state index contributed by atoms with van der Waals surface area (Å²) in [7, 11) is 0. The molecule has 10 aromatic rings. The molecule has 0 saturated carbocycles. The third-order valence-electron chi connectivity index (χ3n) is 14.3. The van der Waals surface area contributed by atoms with Gasteiger partial charge in [-0.3, -0.25) is 0 Å². The van der Waals surface area contributed by atoms with Crippen molar-refractivity contribution in [1.82, 2.24) is 0 Å². The zero-order chi connectivity index (χ0) is 47.1. The number of fused-ring (bicyclic) bond motifs is 12. The summed E-state index contributed by atoms with van der Waals surface area (Å²) in [5.74, 6) is 0.378. The molecule has 0 aromatic heterocycles. The Bertz CT molecular complexity index is 3300. The van der Waals surface area contributed by atoms with Crippen LogP contribution < -0.4 is 0 Å². The van der Waals surface area contributed by atoms with E-state index in [1.165, 1.54) is 122 Å². The maximum Gasteiger partial charge on any atom is 0.291 e. The first kappa shape index (κ1) is 45.1. The first-order valence-corrected chi connectivity index (χ1v) is 23.7. The van der Waals surface area contributed by atoms with Crippen molar-refractivity contribution in [2.75, 3.05) is 0 Å². The van der Waals surface area contributed by atoms with E-state index in [9.17, 15) is 0 Å². The van der Waals surface area contributed by atoms with Gasteiger partial charge >= 0.3 is 0 Å². The molecule has 0 aliphatic heterocycles. The molecule has 10 aromatic carbocycles. The minimum atomic E-state index is -1.50. The molecule has 4 nitrogen and oxygen atoms in total. The summed E-state index contributed by atoms with van der Waals surface area (Å²) < 4.78 is 0. The molecule has 1 radical (unpaired) electrons. The predicted octanol–water partition coefficient (Wildman–Crippen LogP) is 16.5. The number of nitrogens with zero attached hydrogens (tertiary/aromatic N) is 1. The summed E-state index contributed by atoms with van der Waals surface area (Å²) in [4.78, 5) is 8.36. The topological polar surface area (TPSA) is 63.4 Å². The van der Waals surface area contributed by atoms with Crippen LogP contribution in [0.5, 0.6) is 0 Å². The van der Waals surface area contributed by atoms with Crippen molar-refractivity contribution in [3.05, 3.63) is 321 Å². The SMILES string of the molecule is O=[N+]([O-])O.[Ag].c1ccc(C(=C2c3ccccc3-c3ccccc32)C2c3ccccc3-c3ccccc32)cc1.c1ccc(C(=C2c3ccccc3-c3ccccc32)C2c3ccccc3-c3ccccc32)cc1. The second kappa shape index (κ2) is 19.2. The van der Waals surface area contributed by atoms with Gasteiger partial charge in [-0.25, -0.2) is 0 Å². The largest absolute Gasteiger partial charge is 0.328 e. The molecule has 0 saturated heterocycles. The molecular formula is C66H45AgNO3. The van der Waals surface area contributed by atoms with Crippen LogP contribution in [-0.4, -0.2) is 10.3 Å². The molecule has 4 aliphatic carbocycles. The van der Waals surface area contributed by atoms with E-state index in [0.29, 0.717) is 0 Å². The smallest absolute Gasteiger partial charge is 0.291 e. The van der Waals surface area contributed by atoms with Gasteiger partial charge in [0.15, 0.2) is 0 Å². The van der Waals surface area contributed by atoms with Crippen LogP contribution in [0.1, 0.15) is 67.5 Å². The molecule has 0 fully saturated rings. The third kappa shape index (κ3) is 7.80. The average Bonchev–Trinajstić information content (AvgIpc) is 4.14. The number of benzene rings is 10. The molecular weight excluding hydrogens is 963 g/mol. The number of hydrogen-bond acceptors (Lipinski definition) is 2. The van der Waals surface area contributed by atoms with Crippen molar-refractivity contribution in [3.8, 4) is 44.5 Å². The maximum absolute atomic E-state index is 8.36. The van der Waals surface area contributed by atoms with Gasteiger partial charge in [-0.1, -0.05) is 255 Å². The summed E-state index contributed by atoms with van der Waals surface area (Å²) in [5, 5.41) is 13.6. The van der Waals surface area contributed by atoms with E-state index in [-0.39, 0.29) is 34.2 Å². The van der Waals surface area contributed by atoms with Crippen LogP contribution in [0.3, 0.4) is 0 Å². The van der Waals surface area contributed by atoms with Gasteiger partial charge in [0.2, 0.25) is 0 Å². The third-order valence-corrected chi connectivity index (χ3v) is 14.3. The Balaban J connectivity index is 0.000000142. The fourth-order valence-electron chi connectivity index (χ4n) is 11.7. The van der Waals surface area contributed by atoms with Crippen molar-refractivity contribution in [2.45, 2.75) is 11.8 Å². The number of hydrogen-bond donors (Lipinski definition) is 1. The van der Waals surface area contributed by atoms with E-state index in [1.54, 1.807) is 0 Å². The fourth-order valence-corrected chi connectivity index (χ4v) is 11.7. The Hall–Kier alpha value is -8.38. The molecule has 0 unspecified atom stereocenters. The normalized spacial score (nSPS) is 12.7. The molecule has 0 amide bonds. The van der Waals surface area contributed by atoms with Gasteiger partial charge in [-0.2, -0.15) is 0 Å². The zero-order valence-electron chi connectivity index (χ0n) is 38.4. The number of allylic oxidation sites excluding steroid dienone is 2. The van der Waals surface area contributed by atoms with E-state index in [0.717, 1.165) is 0 Å². The second-order valence-corrected chi connectivity index (χ2v) is 17.9. The molecule has 0 spiro atoms. The monoisotopic (exact) mass is 1010 g/mol. The minimum absolute atomic E-state index is 0. The Morgan fingerprint density at radius 3 is 0.718 bits per heavy atom. The molecule has 4 aliphatic rings. The zero-order valence-corrected chi connectivity index (χ0v) is 39.9. The summed E-state index contributed by atoms with van der Waals surface area (Å²) >= 11 is 0. The summed E-state index contributed by atoms with van der Waals surface area (Å²) in [6.45, 7) is 0. The van der Waals surface area contributed by atoms with Crippen molar-refractivity contribution in [1.29, 1.82) is 0 Å². The van der Waals surface area contributed by atoms with Gasteiger partial charge < -0.3 is 5.21 Å². The maximum atomic E-state index is 8.36. The van der Waals surface area contributed by atoms with E-state index in [1.807, 2.05) is 0 Å². The van der Waals surface area contributed by atoms with Gasteiger partial charge in [0.1, 0.15) is 0 Å². The van der Waals surface area contributed by atoms with Crippen LogP contribution in [0, 0.1) is 10.1 Å². The van der Waals surface area contributed by atoms with E-state index < -0.39 is 5.09 Å². The van der Waals surface area contributed by atoms with Crippen molar-refractivity contribution < 1.29 is 32.7 Å². The van der Waals surface area contributed by atoms with Gasteiger partial charge in [0.25, 0.3) is 5.09 Å². The molecule has 343 valence electrons. The van der Waals surface area contributed by atoms with Gasteiger partial charge in [-0.15, -0.1) is 10.1 Å². The molecule has 0 heterocycles. The molecule has 71 heavy (non-hydrogen) atoms. The Morgan fingerprint density at radius 2 is 0.479 bits per heavy atom. The van der Waals surface area contributed by atoms with Crippen LogP contribution in [0.4, 0.5) is 0 Å². The first-order valence-electron chi connectivity index (χ1n) is 23.7.